The van der Waals surface area contributed by atoms with Gasteiger partial charge in [-0.2, -0.15) is 0 Å². The molecule has 1 heterocycles. The lowest BCUT2D eigenvalue weighted by Gasteiger charge is -2.11. The largest absolute Gasteiger partial charge is 0.316 e. The highest BCUT2D eigenvalue weighted by molar-refractivity contribution is 5.94. The molecule has 1 aromatic heterocycles. The van der Waals surface area contributed by atoms with Crippen molar-refractivity contribution in [3.05, 3.63) is 60.3 Å². The van der Waals surface area contributed by atoms with Gasteiger partial charge in [0, 0.05) is 6.20 Å². The molecule has 0 radical (unpaired) electrons. The minimum atomic E-state index is -0.682. The highest BCUT2D eigenvalue weighted by Gasteiger charge is 2.15. The number of nitrogens with zero attached hydrogens (tertiary/aromatic N) is 1. The first-order valence-corrected chi connectivity index (χ1v) is 5.30. The summed E-state index contributed by atoms with van der Waals surface area (Å²) in [6.45, 7) is 0. The van der Waals surface area contributed by atoms with Gasteiger partial charge in [-0.05, 0) is 17.7 Å². The normalized spacial score (nSPS) is 11.8. The summed E-state index contributed by atoms with van der Waals surface area (Å²) in [7, 11) is 0. The molecule has 4 heteroatoms. The fourth-order valence-electron chi connectivity index (χ4n) is 1.45. The van der Waals surface area contributed by atoms with Crippen LogP contribution < -0.4 is 11.1 Å². The molecule has 2 rings (SSSR count). The van der Waals surface area contributed by atoms with Crippen molar-refractivity contribution in [2.45, 2.75) is 6.04 Å². The Labute approximate surface area is 99.5 Å². The number of nitrogens with two attached hydrogens (primary N) is 1. The molecule has 3 N–H and O–H groups in total. The molecule has 0 aliphatic rings. The maximum Gasteiger partial charge on any atom is 0.247 e. The van der Waals surface area contributed by atoms with Gasteiger partial charge in [0.1, 0.15) is 11.9 Å². The van der Waals surface area contributed by atoms with Crippen molar-refractivity contribution in [1.29, 1.82) is 0 Å². The highest BCUT2D eigenvalue weighted by Crippen LogP contribution is 2.11. The number of hydrogen-bond acceptors (Lipinski definition) is 3. The zero-order chi connectivity index (χ0) is 12.1. The molecule has 0 saturated carbocycles. The number of amides is 1. The lowest BCUT2D eigenvalue weighted by Crippen LogP contribution is -2.27. The van der Waals surface area contributed by atoms with Crippen LogP contribution in [0, 0.1) is 0 Å². The zero-order valence-electron chi connectivity index (χ0n) is 9.21. The number of aromatic nitrogens is 1. The van der Waals surface area contributed by atoms with E-state index in [1.165, 1.54) is 0 Å². The van der Waals surface area contributed by atoms with Crippen molar-refractivity contribution in [2.24, 2.45) is 5.73 Å². The van der Waals surface area contributed by atoms with E-state index in [4.69, 9.17) is 5.73 Å². The second kappa shape index (κ2) is 5.23. The van der Waals surface area contributed by atoms with Crippen molar-refractivity contribution < 1.29 is 4.79 Å². The first-order chi connectivity index (χ1) is 8.27. The van der Waals surface area contributed by atoms with E-state index in [0.717, 1.165) is 5.56 Å². The third-order valence-corrected chi connectivity index (χ3v) is 2.36. The molecular weight excluding hydrogens is 214 g/mol. The van der Waals surface area contributed by atoms with E-state index >= 15 is 0 Å². The SMILES string of the molecule is NC(C(=O)Nc1ccccn1)c1ccccc1. The standard InChI is InChI=1S/C13H13N3O/c14-12(10-6-2-1-3-7-10)13(17)16-11-8-4-5-9-15-11/h1-9,12H,14H2,(H,15,16,17). The molecule has 2 aromatic rings. The Kier molecular flexibility index (Phi) is 3.47. The van der Waals surface area contributed by atoms with Crippen LogP contribution in [0.5, 0.6) is 0 Å². The van der Waals surface area contributed by atoms with Gasteiger partial charge in [0.15, 0.2) is 0 Å². The Hall–Kier alpha value is -2.20. The molecule has 0 bridgehead atoms. The van der Waals surface area contributed by atoms with Gasteiger partial charge in [0.05, 0.1) is 0 Å². The Balaban J connectivity index is 2.06. The first-order valence-electron chi connectivity index (χ1n) is 5.30. The number of carbonyl (C=O) groups excluding carboxylic acids is 1. The quantitative estimate of drug-likeness (QED) is 0.838. The van der Waals surface area contributed by atoms with Crippen molar-refractivity contribution in [2.75, 3.05) is 5.32 Å². The third-order valence-electron chi connectivity index (χ3n) is 2.36. The van der Waals surface area contributed by atoms with Crippen molar-refractivity contribution >= 4 is 11.7 Å². The number of benzene rings is 1. The van der Waals surface area contributed by atoms with E-state index in [2.05, 4.69) is 10.3 Å². The average molecular weight is 227 g/mol. The Morgan fingerprint density at radius 2 is 1.82 bits per heavy atom. The predicted octanol–water partition coefficient (Wildman–Crippen LogP) is 1.72. The molecule has 1 amide bonds. The number of nitrogens with one attached hydrogen (secondary N) is 1. The number of pyridine rings is 1. The Morgan fingerprint density at radius 3 is 2.47 bits per heavy atom. The number of hydrogen-bond donors (Lipinski definition) is 2. The van der Waals surface area contributed by atoms with Crippen LogP contribution in [0.2, 0.25) is 0 Å². The summed E-state index contributed by atoms with van der Waals surface area (Å²) in [6.07, 6.45) is 1.61. The second-order valence-electron chi connectivity index (χ2n) is 3.59. The molecule has 86 valence electrons. The summed E-state index contributed by atoms with van der Waals surface area (Å²) in [6, 6.07) is 13.8. The lowest BCUT2D eigenvalue weighted by atomic mass is 10.1. The molecule has 1 aromatic carbocycles. The van der Waals surface area contributed by atoms with E-state index in [9.17, 15) is 4.79 Å². The average Bonchev–Trinajstić information content (AvgIpc) is 2.40. The van der Waals surface area contributed by atoms with E-state index in [0.29, 0.717) is 5.82 Å². The maximum absolute atomic E-state index is 11.8. The van der Waals surface area contributed by atoms with Crippen LogP contribution in [-0.4, -0.2) is 10.9 Å². The van der Waals surface area contributed by atoms with Crippen LogP contribution >= 0.6 is 0 Å². The summed E-state index contributed by atoms with van der Waals surface area (Å²) in [5, 5.41) is 2.67. The van der Waals surface area contributed by atoms with Gasteiger partial charge >= 0.3 is 0 Å². The Bertz CT molecular complexity index is 485. The van der Waals surface area contributed by atoms with Crippen molar-refractivity contribution in [3.63, 3.8) is 0 Å². The number of carbonyl (C=O) groups is 1. The summed E-state index contributed by atoms with van der Waals surface area (Å²) in [5.74, 6) is 0.235. The van der Waals surface area contributed by atoms with E-state index < -0.39 is 6.04 Å². The molecule has 1 atom stereocenters. The van der Waals surface area contributed by atoms with E-state index in [1.807, 2.05) is 30.3 Å². The van der Waals surface area contributed by atoms with Gasteiger partial charge in [-0.3, -0.25) is 4.79 Å². The van der Waals surface area contributed by atoms with Gasteiger partial charge in [0.2, 0.25) is 5.91 Å². The summed E-state index contributed by atoms with van der Waals surface area (Å²) in [4.78, 5) is 15.8. The number of anilines is 1. The van der Waals surface area contributed by atoms with E-state index in [-0.39, 0.29) is 5.91 Å². The molecule has 17 heavy (non-hydrogen) atoms. The van der Waals surface area contributed by atoms with Gasteiger partial charge in [0.25, 0.3) is 0 Å². The molecule has 0 saturated heterocycles. The van der Waals surface area contributed by atoms with E-state index in [1.54, 1.807) is 24.4 Å². The lowest BCUT2D eigenvalue weighted by molar-refractivity contribution is -0.117. The first kappa shape index (κ1) is 11.3. The van der Waals surface area contributed by atoms with Crippen LogP contribution in [0.1, 0.15) is 11.6 Å². The molecular formula is C13H13N3O. The van der Waals surface area contributed by atoms with Crippen LogP contribution in [0.15, 0.2) is 54.7 Å². The summed E-state index contributed by atoms with van der Waals surface area (Å²) in [5.41, 5.74) is 6.63. The highest BCUT2D eigenvalue weighted by atomic mass is 16.2. The fraction of sp³-hybridized carbons (Fsp3) is 0.0769. The molecule has 0 aliphatic carbocycles. The van der Waals surface area contributed by atoms with Gasteiger partial charge in [-0.1, -0.05) is 36.4 Å². The maximum atomic E-state index is 11.8. The predicted molar refractivity (Wildman–Crippen MR) is 66.2 cm³/mol. The molecule has 4 nitrogen and oxygen atoms in total. The molecule has 1 unspecified atom stereocenters. The van der Waals surface area contributed by atoms with Crippen LogP contribution in [0.25, 0.3) is 0 Å². The molecule has 0 aliphatic heterocycles. The molecule has 0 fully saturated rings. The van der Waals surface area contributed by atoms with Gasteiger partial charge in [-0.15, -0.1) is 0 Å². The smallest absolute Gasteiger partial charge is 0.247 e. The number of rotatable bonds is 3. The van der Waals surface area contributed by atoms with Gasteiger partial charge < -0.3 is 11.1 Å². The third kappa shape index (κ3) is 2.89. The Morgan fingerprint density at radius 1 is 1.12 bits per heavy atom. The van der Waals surface area contributed by atoms with Crippen LogP contribution in [-0.2, 0) is 4.79 Å². The van der Waals surface area contributed by atoms with Crippen LogP contribution in [0.3, 0.4) is 0 Å². The topological polar surface area (TPSA) is 68.0 Å². The molecule has 0 spiro atoms. The van der Waals surface area contributed by atoms with Crippen LogP contribution in [0.4, 0.5) is 5.82 Å². The second-order valence-corrected chi connectivity index (χ2v) is 3.59. The van der Waals surface area contributed by atoms with Gasteiger partial charge in [-0.25, -0.2) is 4.98 Å². The minimum absolute atomic E-state index is 0.269. The van der Waals surface area contributed by atoms with Crippen molar-refractivity contribution in [1.82, 2.24) is 4.98 Å². The summed E-state index contributed by atoms with van der Waals surface area (Å²) < 4.78 is 0. The van der Waals surface area contributed by atoms with Crippen molar-refractivity contribution in [3.8, 4) is 0 Å². The monoisotopic (exact) mass is 227 g/mol. The minimum Gasteiger partial charge on any atom is -0.316 e. The zero-order valence-corrected chi connectivity index (χ0v) is 9.21. The summed E-state index contributed by atoms with van der Waals surface area (Å²) >= 11 is 0. The fourth-order valence-corrected chi connectivity index (χ4v) is 1.45.